The fourth-order valence-corrected chi connectivity index (χ4v) is 5.25. The largest absolute Gasteiger partial charge is 0.507 e. The molecule has 2 aliphatic heterocycles. The van der Waals surface area contributed by atoms with Crippen LogP contribution in [-0.2, 0) is 6.54 Å². The van der Waals surface area contributed by atoms with Crippen molar-refractivity contribution in [3.8, 4) is 34.5 Å². The molecule has 210 valence electrons. The van der Waals surface area contributed by atoms with Gasteiger partial charge in [0.25, 0.3) is 0 Å². The molecule has 0 spiro atoms. The molecule has 2 aliphatic rings. The Hall–Kier alpha value is -4.37. The minimum absolute atomic E-state index is 0.121. The van der Waals surface area contributed by atoms with E-state index in [2.05, 4.69) is 21.9 Å². The van der Waals surface area contributed by atoms with Crippen molar-refractivity contribution < 1.29 is 33.6 Å². The molecule has 0 aromatic heterocycles. The fourth-order valence-electron chi connectivity index (χ4n) is 5.25. The van der Waals surface area contributed by atoms with Crippen LogP contribution in [-0.4, -0.2) is 70.4 Å². The first kappa shape index (κ1) is 27.2. The smallest absolute Gasteiger partial charge is 0.232 e. The summed E-state index contributed by atoms with van der Waals surface area (Å²) in [6.07, 6.45) is 1.65. The summed E-state index contributed by atoms with van der Waals surface area (Å²) in [5, 5.41) is 10.9. The molecule has 1 N–H and O–H groups in total. The van der Waals surface area contributed by atoms with Crippen LogP contribution >= 0.6 is 0 Å². The van der Waals surface area contributed by atoms with Gasteiger partial charge in [0.15, 0.2) is 17.3 Å². The van der Waals surface area contributed by atoms with E-state index in [4.69, 9.17) is 23.7 Å². The number of phenols is 1. The van der Waals surface area contributed by atoms with Gasteiger partial charge in [-0.3, -0.25) is 9.69 Å². The van der Waals surface area contributed by atoms with E-state index in [9.17, 15) is 9.90 Å². The van der Waals surface area contributed by atoms with Crippen LogP contribution in [0.4, 0.5) is 5.69 Å². The number of benzene rings is 3. The number of fused-ring (bicyclic) bond motifs is 1. The summed E-state index contributed by atoms with van der Waals surface area (Å²) in [6, 6.07) is 13.2. The molecule has 0 unspecified atom stereocenters. The zero-order valence-electron chi connectivity index (χ0n) is 23.4. The van der Waals surface area contributed by atoms with E-state index in [1.807, 2.05) is 12.1 Å². The number of piperazine rings is 1. The quantitative estimate of drug-likeness (QED) is 0.405. The summed E-state index contributed by atoms with van der Waals surface area (Å²) in [6.45, 7) is 5.56. The van der Waals surface area contributed by atoms with Gasteiger partial charge in [-0.15, -0.1) is 0 Å². The van der Waals surface area contributed by atoms with Crippen molar-refractivity contribution in [3.05, 3.63) is 70.5 Å². The number of aromatic hydroxyl groups is 1. The Morgan fingerprint density at radius 1 is 0.900 bits per heavy atom. The van der Waals surface area contributed by atoms with Crippen molar-refractivity contribution in [2.24, 2.45) is 0 Å². The van der Waals surface area contributed by atoms with Gasteiger partial charge >= 0.3 is 0 Å². The van der Waals surface area contributed by atoms with Crippen molar-refractivity contribution in [1.82, 2.24) is 4.90 Å². The van der Waals surface area contributed by atoms with E-state index in [1.54, 1.807) is 38.3 Å². The van der Waals surface area contributed by atoms with Gasteiger partial charge in [0, 0.05) is 38.4 Å². The molecular weight excluding hydrogens is 512 g/mol. The molecule has 0 aliphatic carbocycles. The third kappa shape index (κ3) is 5.12. The first-order valence-electron chi connectivity index (χ1n) is 13.1. The number of phenolic OH excluding ortho intramolecular Hbond substituents is 1. The van der Waals surface area contributed by atoms with E-state index in [0.717, 1.165) is 37.6 Å². The monoisotopic (exact) mass is 546 g/mol. The standard InChI is InChI=1S/C31H34N2O7/c1-19-14-24(34)23(18-32-10-12-33(13-11-32)21-6-8-22(36-2)9-7-21)30-28(19)29(35)25(40-30)15-20-16-26(37-3)31(39-5)27(17-20)38-4/h6-9,14-17,34H,10-13,18H2,1-5H3/b25-15+. The molecule has 1 fully saturated rings. The number of aryl methyl sites for hydroxylation is 1. The van der Waals surface area contributed by atoms with Gasteiger partial charge in [0.05, 0.1) is 39.6 Å². The van der Waals surface area contributed by atoms with Crippen molar-refractivity contribution in [1.29, 1.82) is 0 Å². The maximum Gasteiger partial charge on any atom is 0.232 e. The van der Waals surface area contributed by atoms with Crippen LogP contribution in [0.3, 0.4) is 0 Å². The molecule has 2 heterocycles. The predicted octanol–water partition coefficient (Wildman–Crippen LogP) is 4.67. The van der Waals surface area contributed by atoms with E-state index in [0.29, 0.717) is 51.8 Å². The van der Waals surface area contributed by atoms with E-state index in [1.165, 1.54) is 21.3 Å². The molecule has 0 radical (unpaired) electrons. The zero-order chi connectivity index (χ0) is 28.4. The average molecular weight is 547 g/mol. The van der Waals surface area contributed by atoms with Gasteiger partial charge in [-0.1, -0.05) is 0 Å². The van der Waals surface area contributed by atoms with Gasteiger partial charge in [0.1, 0.15) is 17.2 Å². The predicted molar refractivity (Wildman–Crippen MR) is 152 cm³/mol. The van der Waals surface area contributed by atoms with Crippen molar-refractivity contribution in [2.45, 2.75) is 13.5 Å². The molecule has 40 heavy (non-hydrogen) atoms. The van der Waals surface area contributed by atoms with Crippen LogP contribution in [0.5, 0.6) is 34.5 Å². The lowest BCUT2D eigenvalue weighted by Crippen LogP contribution is -2.46. The Labute approximate surface area is 234 Å². The summed E-state index contributed by atoms with van der Waals surface area (Å²) >= 11 is 0. The van der Waals surface area contributed by atoms with Crippen LogP contribution in [0, 0.1) is 6.92 Å². The number of nitrogens with zero attached hydrogens (tertiary/aromatic N) is 2. The molecule has 0 saturated carbocycles. The number of carbonyl (C=O) groups excluding carboxylic acids is 1. The maximum absolute atomic E-state index is 13.5. The van der Waals surface area contributed by atoms with Crippen LogP contribution in [0.1, 0.15) is 27.0 Å². The summed E-state index contributed by atoms with van der Waals surface area (Å²) in [4.78, 5) is 18.1. The Bertz CT molecular complexity index is 1420. The van der Waals surface area contributed by atoms with Crippen LogP contribution in [0.25, 0.3) is 6.08 Å². The summed E-state index contributed by atoms with van der Waals surface area (Å²) in [7, 11) is 6.27. The summed E-state index contributed by atoms with van der Waals surface area (Å²) in [5.74, 6) is 2.72. The Morgan fingerprint density at radius 3 is 2.12 bits per heavy atom. The van der Waals surface area contributed by atoms with E-state index in [-0.39, 0.29) is 17.3 Å². The number of ketones is 1. The van der Waals surface area contributed by atoms with Crippen LogP contribution in [0.15, 0.2) is 48.2 Å². The first-order valence-corrected chi connectivity index (χ1v) is 13.1. The lowest BCUT2D eigenvalue weighted by atomic mass is 9.99. The third-order valence-corrected chi connectivity index (χ3v) is 7.40. The lowest BCUT2D eigenvalue weighted by molar-refractivity contribution is 0.101. The highest BCUT2D eigenvalue weighted by atomic mass is 16.5. The number of methoxy groups -OCH3 is 4. The Balaban J connectivity index is 1.37. The van der Waals surface area contributed by atoms with Gasteiger partial charge < -0.3 is 33.7 Å². The topological polar surface area (TPSA) is 89.9 Å². The van der Waals surface area contributed by atoms with Crippen LogP contribution in [0.2, 0.25) is 0 Å². The number of hydrogen-bond acceptors (Lipinski definition) is 9. The van der Waals surface area contributed by atoms with Crippen molar-refractivity contribution >= 4 is 17.5 Å². The second-order valence-electron chi connectivity index (χ2n) is 9.75. The maximum atomic E-state index is 13.5. The zero-order valence-corrected chi connectivity index (χ0v) is 23.4. The Kier molecular flexibility index (Phi) is 7.75. The Morgan fingerprint density at radius 2 is 1.55 bits per heavy atom. The summed E-state index contributed by atoms with van der Waals surface area (Å²) < 4.78 is 27.7. The van der Waals surface area contributed by atoms with Gasteiger partial charge in [-0.2, -0.15) is 0 Å². The minimum Gasteiger partial charge on any atom is -0.507 e. The average Bonchev–Trinajstić information content (AvgIpc) is 3.30. The number of Topliss-reactive ketones (excluding diaryl/α,β-unsaturated/α-hetero) is 1. The van der Waals surface area contributed by atoms with Gasteiger partial charge in [-0.25, -0.2) is 0 Å². The second kappa shape index (κ2) is 11.4. The van der Waals surface area contributed by atoms with Crippen LogP contribution < -0.4 is 28.6 Å². The third-order valence-electron chi connectivity index (χ3n) is 7.40. The number of allylic oxidation sites excluding steroid dienone is 1. The number of rotatable bonds is 8. The highest BCUT2D eigenvalue weighted by Crippen LogP contribution is 2.44. The molecule has 0 atom stereocenters. The van der Waals surface area contributed by atoms with Crippen molar-refractivity contribution in [3.63, 3.8) is 0 Å². The number of carbonyl (C=O) groups is 1. The molecule has 0 bridgehead atoms. The highest BCUT2D eigenvalue weighted by molar-refractivity contribution is 6.16. The highest BCUT2D eigenvalue weighted by Gasteiger charge is 2.34. The molecule has 0 amide bonds. The molecule has 1 saturated heterocycles. The molecule has 9 heteroatoms. The van der Waals surface area contributed by atoms with Crippen molar-refractivity contribution in [2.75, 3.05) is 59.5 Å². The van der Waals surface area contributed by atoms with Gasteiger partial charge in [-0.05, 0) is 66.6 Å². The lowest BCUT2D eigenvalue weighted by Gasteiger charge is -2.36. The number of hydrogen-bond donors (Lipinski definition) is 1. The number of anilines is 1. The van der Waals surface area contributed by atoms with Gasteiger partial charge in [0.2, 0.25) is 11.5 Å². The summed E-state index contributed by atoms with van der Waals surface area (Å²) in [5.41, 5.74) is 3.56. The molecule has 3 aromatic carbocycles. The van der Waals surface area contributed by atoms with E-state index < -0.39 is 0 Å². The second-order valence-corrected chi connectivity index (χ2v) is 9.75. The SMILES string of the molecule is COc1ccc(N2CCN(Cc3c(O)cc(C)c4c3O/C(=C/c3cc(OC)c(OC)c(OC)c3)C4=O)CC2)cc1. The molecule has 3 aromatic rings. The molecular formula is C31H34N2O7. The van der Waals surface area contributed by atoms with E-state index >= 15 is 0 Å². The number of ether oxygens (including phenoxy) is 5. The molecule has 5 rings (SSSR count). The minimum atomic E-state index is -0.230. The normalized spacial score (nSPS) is 16.1. The fraction of sp³-hybridized carbons (Fsp3) is 0.323. The molecule has 9 nitrogen and oxygen atoms in total. The first-order chi connectivity index (χ1) is 19.4.